The Kier molecular flexibility index (Phi) is 6.52. The summed E-state index contributed by atoms with van der Waals surface area (Å²) in [6.45, 7) is 4.87. The molecule has 1 aliphatic rings. The quantitative estimate of drug-likeness (QED) is 0.517. The molecule has 146 valence electrons. The Morgan fingerprint density at radius 3 is 2.68 bits per heavy atom. The standard InChI is InChI=1S/C22H25N3OS2/c1-22(2)12-17(24-14-15-9-10-23-19(11-15)28-3)20(18(26)13-22)21(27)25-16-7-5-4-6-8-16/h4-11,24H,12-14H2,1-3H3,(H,25,27). The molecule has 1 aromatic carbocycles. The van der Waals surface area contributed by atoms with Crippen LogP contribution >= 0.6 is 24.0 Å². The van der Waals surface area contributed by atoms with E-state index in [-0.39, 0.29) is 11.2 Å². The van der Waals surface area contributed by atoms with Crippen molar-refractivity contribution in [1.29, 1.82) is 0 Å². The fourth-order valence-electron chi connectivity index (χ4n) is 3.33. The molecule has 0 fully saturated rings. The maximum Gasteiger partial charge on any atom is 0.168 e. The molecule has 2 aromatic rings. The van der Waals surface area contributed by atoms with Crippen LogP contribution in [-0.4, -0.2) is 22.0 Å². The smallest absolute Gasteiger partial charge is 0.168 e. The van der Waals surface area contributed by atoms with Crippen molar-refractivity contribution in [2.75, 3.05) is 11.6 Å². The number of ketones is 1. The lowest BCUT2D eigenvalue weighted by molar-refractivity contribution is -0.117. The Hall–Kier alpha value is -2.18. The van der Waals surface area contributed by atoms with Gasteiger partial charge in [-0.3, -0.25) is 4.79 Å². The molecule has 28 heavy (non-hydrogen) atoms. The summed E-state index contributed by atoms with van der Waals surface area (Å²) < 4.78 is 0. The predicted octanol–water partition coefficient (Wildman–Crippen LogP) is 4.98. The third-order valence-electron chi connectivity index (χ3n) is 4.65. The van der Waals surface area contributed by atoms with E-state index in [1.807, 2.05) is 48.9 Å². The minimum atomic E-state index is -0.0893. The first-order valence-electron chi connectivity index (χ1n) is 9.23. The number of Topliss-reactive ketones (excluding diaryl/α,β-unsaturated/α-hetero) is 1. The van der Waals surface area contributed by atoms with Crippen LogP contribution in [0.1, 0.15) is 32.3 Å². The van der Waals surface area contributed by atoms with Gasteiger partial charge in [-0.15, -0.1) is 11.8 Å². The van der Waals surface area contributed by atoms with Crippen molar-refractivity contribution in [3.63, 3.8) is 0 Å². The largest absolute Gasteiger partial charge is 0.384 e. The van der Waals surface area contributed by atoms with E-state index in [0.717, 1.165) is 28.4 Å². The molecule has 0 saturated heterocycles. The van der Waals surface area contributed by atoms with Crippen molar-refractivity contribution >= 4 is 40.4 Å². The van der Waals surface area contributed by atoms with Crippen LogP contribution in [0.2, 0.25) is 0 Å². The fraction of sp³-hybridized carbons (Fsp3) is 0.318. The van der Waals surface area contributed by atoms with Crippen LogP contribution in [-0.2, 0) is 11.3 Å². The first-order chi connectivity index (χ1) is 13.4. The van der Waals surface area contributed by atoms with E-state index in [0.29, 0.717) is 23.5 Å². The summed E-state index contributed by atoms with van der Waals surface area (Å²) in [7, 11) is 0. The van der Waals surface area contributed by atoms with Crippen LogP contribution in [0.25, 0.3) is 0 Å². The van der Waals surface area contributed by atoms with E-state index in [4.69, 9.17) is 12.2 Å². The number of carbonyl (C=O) groups excluding carboxylic acids is 1. The highest BCUT2D eigenvalue weighted by Crippen LogP contribution is 2.36. The number of nitrogens with one attached hydrogen (secondary N) is 2. The zero-order valence-corrected chi connectivity index (χ0v) is 18.0. The fourth-order valence-corrected chi connectivity index (χ4v) is 4.12. The van der Waals surface area contributed by atoms with Crippen molar-refractivity contribution < 1.29 is 4.79 Å². The molecule has 0 saturated carbocycles. The van der Waals surface area contributed by atoms with Gasteiger partial charge in [-0.2, -0.15) is 0 Å². The number of benzene rings is 1. The highest BCUT2D eigenvalue weighted by molar-refractivity contribution is 7.98. The van der Waals surface area contributed by atoms with Gasteiger partial charge in [0.2, 0.25) is 0 Å². The minimum Gasteiger partial charge on any atom is -0.384 e. The van der Waals surface area contributed by atoms with Crippen LogP contribution in [0.4, 0.5) is 5.69 Å². The van der Waals surface area contributed by atoms with Gasteiger partial charge in [0.05, 0.1) is 10.6 Å². The van der Waals surface area contributed by atoms with Crippen molar-refractivity contribution in [3.05, 3.63) is 65.5 Å². The van der Waals surface area contributed by atoms with Crippen molar-refractivity contribution in [2.45, 2.75) is 38.3 Å². The normalized spacial score (nSPS) is 16.0. The molecule has 0 aliphatic heterocycles. The molecule has 4 nitrogen and oxygen atoms in total. The molecule has 0 bridgehead atoms. The molecular formula is C22H25N3OS2. The first-order valence-corrected chi connectivity index (χ1v) is 10.9. The molecule has 6 heteroatoms. The number of hydrogen-bond donors (Lipinski definition) is 2. The number of hydrogen-bond acceptors (Lipinski definition) is 5. The number of rotatable bonds is 6. The van der Waals surface area contributed by atoms with Gasteiger partial charge in [0.25, 0.3) is 0 Å². The average molecular weight is 412 g/mol. The molecule has 2 N–H and O–H groups in total. The van der Waals surface area contributed by atoms with Crippen LogP contribution in [0.3, 0.4) is 0 Å². The highest BCUT2D eigenvalue weighted by Gasteiger charge is 2.34. The Morgan fingerprint density at radius 2 is 1.96 bits per heavy atom. The number of allylic oxidation sites excluding steroid dienone is 1. The highest BCUT2D eigenvalue weighted by atomic mass is 32.2. The van der Waals surface area contributed by atoms with Crippen molar-refractivity contribution in [3.8, 4) is 0 Å². The molecule has 3 rings (SSSR count). The number of carbonyl (C=O) groups is 1. The summed E-state index contributed by atoms with van der Waals surface area (Å²) in [6.07, 6.45) is 5.10. The summed E-state index contributed by atoms with van der Waals surface area (Å²) >= 11 is 7.23. The second kappa shape index (κ2) is 8.88. The maximum atomic E-state index is 12.9. The zero-order chi connectivity index (χ0) is 20.1. The number of aromatic nitrogens is 1. The van der Waals surface area contributed by atoms with Crippen LogP contribution < -0.4 is 10.6 Å². The van der Waals surface area contributed by atoms with Gasteiger partial charge in [0.1, 0.15) is 4.99 Å². The molecule has 1 aliphatic carbocycles. The third kappa shape index (κ3) is 5.20. The average Bonchev–Trinajstić information content (AvgIpc) is 2.66. The number of thiocarbonyl (C=S) groups is 1. The van der Waals surface area contributed by atoms with E-state index in [1.54, 1.807) is 11.8 Å². The maximum absolute atomic E-state index is 12.9. The minimum absolute atomic E-state index is 0.0893. The van der Waals surface area contributed by atoms with Crippen LogP contribution in [0.15, 0.2) is 65.0 Å². The lowest BCUT2D eigenvalue weighted by Crippen LogP contribution is -2.35. The summed E-state index contributed by atoms with van der Waals surface area (Å²) in [5.41, 5.74) is 3.45. The summed E-state index contributed by atoms with van der Waals surface area (Å²) in [5.74, 6) is 0.0895. The molecule has 0 unspecified atom stereocenters. The third-order valence-corrected chi connectivity index (χ3v) is 5.60. The Labute approximate surface area is 176 Å². The number of pyridine rings is 1. The molecular weight excluding hydrogens is 386 g/mol. The number of thioether (sulfide) groups is 1. The van der Waals surface area contributed by atoms with Crippen molar-refractivity contribution in [2.24, 2.45) is 5.41 Å². The van der Waals surface area contributed by atoms with E-state index in [9.17, 15) is 4.79 Å². The molecule has 0 spiro atoms. The molecule has 0 amide bonds. The van der Waals surface area contributed by atoms with E-state index in [1.165, 1.54) is 0 Å². The topological polar surface area (TPSA) is 54.0 Å². The second-order valence-electron chi connectivity index (χ2n) is 7.67. The summed E-state index contributed by atoms with van der Waals surface area (Å²) in [5, 5.41) is 7.68. The van der Waals surface area contributed by atoms with Gasteiger partial charge in [-0.25, -0.2) is 4.98 Å². The molecule has 0 radical (unpaired) electrons. The number of para-hydroxylation sites is 1. The SMILES string of the molecule is CSc1cc(CNC2=C(C(=S)Nc3ccccc3)C(=O)CC(C)(C)C2)ccn1. The molecule has 0 atom stereocenters. The number of anilines is 1. The molecule has 1 heterocycles. The summed E-state index contributed by atoms with van der Waals surface area (Å²) in [4.78, 5) is 17.7. The van der Waals surface area contributed by atoms with Gasteiger partial charge >= 0.3 is 0 Å². The lowest BCUT2D eigenvalue weighted by Gasteiger charge is -2.33. The van der Waals surface area contributed by atoms with E-state index >= 15 is 0 Å². The second-order valence-corrected chi connectivity index (χ2v) is 8.91. The predicted molar refractivity (Wildman–Crippen MR) is 121 cm³/mol. The van der Waals surface area contributed by atoms with Gasteiger partial charge in [0, 0.05) is 30.5 Å². The Balaban J connectivity index is 1.85. The van der Waals surface area contributed by atoms with Crippen LogP contribution in [0.5, 0.6) is 0 Å². The Morgan fingerprint density at radius 1 is 1.21 bits per heavy atom. The van der Waals surface area contributed by atoms with Gasteiger partial charge in [-0.05, 0) is 47.9 Å². The van der Waals surface area contributed by atoms with Gasteiger partial charge < -0.3 is 10.6 Å². The summed E-state index contributed by atoms with van der Waals surface area (Å²) in [6, 6.07) is 13.8. The first kappa shape index (κ1) is 20.6. The zero-order valence-electron chi connectivity index (χ0n) is 16.4. The van der Waals surface area contributed by atoms with E-state index in [2.05, 4.69) is 35.5 Å². The molecule has 1 aromatic heterocycles. The monoisotopic (exact) mass is 411 g/mol. The van der Waals surface area contributed by atoms with Crippen molar-refractivity contribution in [1.82, 2.24) is 10.3 Å². The van der Waals surface area contributed by atoms with Gasteiger partial charge in [0.15, 0.2) is 5.78 Å². The number of nitrogens with zero attached hydrogens (tertiary/aromatic N) is 1. The van der Waals surface area contributed by atoms with Crippen LogP contribution in [0, 0.1) is 5.41 Å². The van der Waals surface area contributed by atoms with Gasteiger partial charge in [-0.1, -0.05) is 44.3 Å². The Bertz CT molecular complexity index is 907. The van der Waals surface area contributed by atoms with E-state index < -0.39 is 0 Å². The lowest BCUT2D eigenvalue weighted by atomic mass is 9.75.